The van der Waals surface area contributed by atoms with Crippen LogP contribution in [-0.2, 0) is 16.1 Å². The third-order valence-corrected chi connectivity index (χ3v) is 1.85. The number of aliphatic hydroxyl groups is 1. The molecular weight excluding hydrogens is 200 g/mol. The molecule has 82 valence electrons. The first-order chi connectivity index (χ1) is 7.04. The van der Waals surface area contributed by atoms with E-state index in [1.807, 2.05) is 0 Å². The van der Waals surface area contributed by atoms with Gasteiger partial charge < -0.3 is 20.1 Å². The summed E-state index contributed by atoms with van der Waals surface area (Å²) < 4.78 is 5.47. The summed E-state index contributed by atoms with van der Waals surface area (Å²) in [5, 5.41) is 9.31. The molecule has 0 aromatic carbocycles. The summed E-state index contributed by atoms with van der Waals surface area (Å²) in [5.41, 5.74) is 5.49. The Morgan fingerprint density at radius 3 is 2.93 bits per heavy atom. The molecule has 0 saturated carbocycles. The fraction of sp³-hybridized carbons (Fsp3) is 0.333. The van der Waals surface area contributed by atoms with Crippen molar-refractivity contribution in [2.45, 2.75) is 12.6 Å². The van der Waals surface area contributed by atoms with Crippen LogP contribution in [0.4, 0.5) is 5.69 Å². The van der Waals surface area contributed by atoms with E-state index < -0.39 is 12.1 Å². The molecule has 0 spiro atoms. The third kappa shape index (κ3) is 2.81. The number of rotatable bonds is 3. The number of nitrogens with two attached hydrogens (primary N) is 1. The number of esters is 1. The van der Waals surface area contributed by atoms with Crippen LogP contribution in [0.15, 0.2) is 23.1 Å². The molecule has 1 heterocycles. The number of carbonyl (C=O) groups is 1. The molecule has 1 unspecified atom stereocenters. The Bertz CT molecular complexity index is 413. The SMILES string of the molecule is COC(=O)C(O)Cn1cc(N)ccc1=O. The van der Waals surface area contributed by atoms with E-state index >= 15 is 0 Å². The van der Waals surface area contributed by atoms with Crippen molar-refractivity contribution in [1.82, 2.24) is 4.57 Å². The molecule has 0 aliphatic heterocycles. The number of ether oxygens (including phenoxy) is 1. The van der Waals surface area contributed by atoms with Gasteiger partial charge in [0, 0.05) is 18.0 Å². The zero-order valence-electron chi connectivity index (χ0n) is 8.21. The zero-order valence-corrected chi connectivity index (χ0v) is 8.21. The molecule has 0 radical (unpaired) electrons. The minimum absolute atomic E-state index is 0.170. The van der Waals surface area contributed by atoms with Gasteiger partial charge in [0.15, 0.2) is 6.10 Å². The Hall–Kier alpha value is -1.82. The molecule has 0 fully saturated rings. The number of hydrogen-bond donors (Lipinski definition) is 2. The second-order valence-electron chi connectivity index (χ2n) is 2.99. The molecule has 1 atom stereocenters. The number of nitrogen functional groups attached to an aromatic ring is 1. The minimum atomic E-state index is -1.37. The smallest absolute Gasteiger partial charge is 0.336 e. The number of anilines is 1. The summed E-state index contributed by atoms with van der Waals surface area (Å²) in [6.45, 7) is -0.170. The molecule has 0 amide bonds. The van der Waals surface area contributed by atoms with Gasteiger partial charge in [-0.1, -0.05) is 0 Å². The summed E-state index contributed by atoms with van der Waals surface area (Å²) in [6, 6.07) is 2.71. The highest BCUT2D eigenvalue weighted by molar-refractivity contribution is 5.74. The maximum absolute atomic E-state index is 11.3. The fourth-order valence-corrected chi connectivity index (χ4v) is 1.09. The van der Waals surface area contributed by atoms with E-state index in [4.69, 9.17) is 5.73 Å². The molecule has 1 aromatic rings. The molecule has 0 aliphatic rings. The van der Waals surface area contributed by atoms with Crippen LogP contribution in [0.25, 0.3) is 0 Å². The molecule has 6 nitrogen and oxygen atoms in total. The minimum Gasteiger partial charge on any atom is -0.467 e. The zero-order chi connectivity index (χ0) is 11.4. The first-order valence-corrected chi connectivity index (χ1v) is 4.26. The van der Waals surface area contributed by atoms with Crippen molar-refractivity contribution in [2.24, 2.45) is 0 Å². The van der Waals surface area contributed by atoms with Crippen LogP contribution in [0.1, 0.15) is 0 Å². The monoisotopic (exact) mass is 212 g/mol. The molecular formula is C9H12N2O4. The summed E-state index contributed by atoms with van der Waals surface area (Å²) in [4.78, 5) is 22.2. The lowest BCUT2D eigenvalue weighted by molar-refractivity contribution is -0.151. The van der Waals surface area contributed by atoms with E-state index in [0.29, 0.717) is 5.69 Å². The maximum atomic E-state index is 11.3. The highest BCUT2D eigenvalue weighted by Gasteiger charge is 2.16. The molecule has 3 N–H and O–H groups in total. The fourth-order valence-electron chi connectivity index (χ4n) is 1.09. The number of carbonyl (C=O) groups excluding carboxylic acids is 1. The second kappa shape index (κ2) is 4.61. The van der Waals surface area contributed by atoms with Gasteiger partial charge in [-0.15, -0.1) is 0 Å². The van der Waals surface area contributed by atoms with Gasteiger partial charge in [-0.2, -0.15) is 0 Å². The lowest BCUT2D eigenvalue weighted by Crippen LogP contribution is -2.31. The molecule has 0 aliphatic carbocycles. The van der Waals surface area contributed by atoms with Gasteiger partial charge in [0.05, 0.1) is 13.7 Å². The van der Waals surface area contributed by atoms with Gasteiger partial charge in [-0.25, -0.2) is 4.79 Å². The van der Waals surface area contributed by atoms with Crippen LogP contribution in [0.2, 0.25) is 0 Å². The van der Waals surface area contributed by atoms with Crippen molar-refractivity contribution >= 4 is 11.7 Å². The van der Waals surface area contributed by atoms with E-state index in [0.717, 1.165) is 11.7 Å². The van der Waals surface area contributed by atoms with Crippen molar-refractivity contribution in [3.05, 3.63) is 28.7 Å². The predicted molar refractivity (Wildman–Crippen MR) is 53.1 cm³/mol. The Morgan fingerprint density at radius 2 is 2.33 bits per heavy atom. The van der Waals surface area contributed by atoms with E-state index in [2.05, 4.69) is 4.74 Å². The van der Waals surface area contributed by atoms with Gasteiger partial charge in [-0.05, 0) is 6.07 Å². The molecule has 1 aromatic heterocycles. The van der Waals surface area contributed by atoms with Crippen molar-refractivity contribution in [1.29, 1.82) is 0 Å². The van der Waals surface area contributed by atoms with E-state index in [1.165, 1.54) is 18.3 Å². The van der Waals surface area contributed by atoms with Crippen molar-refractivity contribution in [3.8, 4) is 0 Å². The average molecular weight is 212 g/mol. The third-order valence-electron chi connectivity index (χ3n) is 1.85. The standard InChI is InChI=1S/C9H12N2O4/c1-15-9(14)7(12)5-11-4-6(10)2-3-8(11)13/h2-4,7,12H,5,10H2,1H3. The summed E-state index contributed by atoms with van der Waals surface area (Å²) >= 11 is 0. The van der Waals surface area contributed by atoms with Crippen LogP contribution in [0.3, 0.4) is 0 Å². The lowest BCUT2D eigenvalue weighted by atomic mass is 10.3. The van der Waals surface area contributed by atoms with Gasteiger partial charge in [-0.3, -0.25) is 4.79 Å². The van der Waals surface area contributed by atoms with Crippen LogP contribution >= 0.6 is 0 Å². The quantitative estimate of drug-likeness (QED) is 0.624. The first kappa shape index (κ1) is 11.3. The highest BCUT2D eigenvalue weighted by Crippen LogP contribution is 1.98. The number of nitrogens with zero attached hydrogens (tertiary/aromatic N) is 1. The Labute approximate surface area is 85.9 Å². The van der Waals surface area contributed by atoms with Gasteiger partial charge in [0.1, 0.15) is 0 Å². The molecule has 0 saturated heterocycles. The average Bonchev–Trinajstić information content (AvgIpc) is 2.22. The number of hydrogen-bond acceptors (Lipinski definition) is 5. The topological polar surface area (TPSA) is 94.6 Å². The van der Waals surface area contributed by atoms with Crippen LogP contribution < -0.4 is 11.3 Å². The summed E-state index contributed by atoms with van der Waals surface area (Å²) in [5.74, 6) is -0.788. The number of aromatic nitrogens is 1. The van der Waals surface area contributed by atoms with Crippen molar-refractivity contribution in [3.63, 3.8) is 0 Å². The van der Waals surface area contributed by atoms with Gasteiger partial charge in [0.25, 0.3) is 5.56 Å². The first-order valence-electron chi connectivity index (χ1n) is 4.26. The lowest BCUT2D eigenvalue weighted by Gasteiger charge is -2.10. The maximum Gasteiger partial charge on any atom is 0.336 e. The van der Waals surface area contributed by atoms with Crippen LogP contribution in [0.5, 0.6) is 0 Å². The number of aliphatic hydroxyl groups excluding tert-OH is 1. The predicted octanol–water partition coefficient (Wildman–Crippen LogP) is -1.04. The molecule has 1 rings (SSSR count). The Kier molecular flexibility index (Phi) is 3.46. The number of pyridine rings is 1. The van der Waals surface area contributed by atoms with Crippen molar-refractivity contribution in [2.75, 3.05) is 12.8 Å². The normalized spacial score (nSPS) is 12.1. The summed E-state index contributed by atoms with van der Waals surface area (Å²) in [6.07, 6.45) is -0.0106. The van der Waals surface area contributed by atoms with Crippen molar-refractivity contribution < 1.29 is 14.6 Å². The largest absolute Gasteiger partial charge is 0.467 e. The molecule has 0 bridgehead atoms. The van der Waals surface area contributed by atoms with E-state index in [-0.39, 0.29) is 12.1 Å². The van der Waals surface area contributed by atoms with E-state index in [1.54, 1.807) is 0 Å². The van der Waals surface area contributed by atoms with Gasteiger partial charge >= 0.3 is 5.97 Å². The molecule has 15 heavy (non-hydrogen) atoms. The molecule has 6 heteroatoms. The number of methoxy groups -OCH3 is 1. The van der Waals surface area contributed by atoms with Crippen LogP contribution in [-0.4, -0.2) is 28.9 Å². The Balaban J connectivity index is 2.85. The summed E-state index contributed by atoms with van der Waals surface area (Å²) in [7, 11) is 1.16. The van der Waals surface area contributed by atoms with E-state index in [9.17, 15) is 14.7 Å². The van der Waals surface area contributed by atoms with Gasteiger partial charge in [0.2, 0.25) is 0 Å². The highest BCUT2D eigenvalue weighted by atomic mass is 16.5. The second-order valence-corrected chi connectivity index (χ2v) is 2.99. The van der Waals surface area contributed by atoms with Crippen LogP contribution in [0, 0.1) is 0 Å². The Morgan fingerprint density at radius 1 is 1.67 bits per heavy atom.